The predicted octanol–water partition coefficient (Wildman–Crippen LogP) is 3.00. The van der Waals surface area contributed by atoms with Gasteiger partial charge in [-0.25, -0.2) is 0 Å². The molecule has 0 saturated carbocycles. The lowest BCUT2D eigenvalue weighted by atomic mass is 10.00. The van der Waals surface area contributed by atoms with Crippen molar-refractivity contribution in [1.29, 1.82) is 0 Å². The summed E-state index contributed by atoms with van der Waals surface area (Å²) in [6.45, 7) is 0.608. The van der Waals surface area contributed by atoms with Crippen molar-refractivity contribution in [1.82, 2.24) is 5.32 Å². The van der Waals surface area contributed by atoms with E-state index in [-0.39, 0.29) is 5.91 Å². The fourth-order valence-corrected chi connectivity index (χ4v) is 2.26. The van der Waals surface area contributed by atoms with Gasteiger partial charge in [0.25, 0.3) is 5.91 Å². The van der Waals surface area contributed by atoms with E-state index in [4.69, 9.17) is 4.74 Å². The van der Waals surface area contributed by atoms with Gasteiger partial charge in [0.1, 0.15) is 11.5 Å². The minimum Gasteiger partial charge on any atom is -0.461 e. The summed E-state index contributed by atoms with van der Waals surface area (Å²) in [7, 11) is 0. The molecule has 3 rings (SSSR count). The number of hydrogen-bond acceptors (Lipinski definition) is 2. The van der Waals surface area contributed by atoms with Crippen molar-refractivity contribution in [3.8, 4) is 5.75 Å². The Hall–Kier alpha value is -2.55. The van der Waals surface area contributed by atoms with Gasteiger partial charge in [0.15, 0.2) is 0 Å². The Kier molecular flexibility index (Phi) is 3.50. The third kappa shape index (κ3) is 2.57. The van der Waals surface area contributed by atoms with Crippen molar-refractivity contribution in [2.24, 2.45) is 0 Å². The minimum absolute atomic E-state index is 0.0756. The average Bonchev–Trinajstić information content (AvgIpc) is 2.49. The van der Waals surface area contributed by atoms with E-state index in [2.05, 4.69) is 5.32 Å². The van der Waals surface area contributed by atoms with Crippen LogP contribution in [0.3, 0.4) is 0 Å². The highest BCUT2D eigenvalue weighted by Gasteiger charge is 2.23. The van der Waals surface area contributed by atoms with Crippen LogP contribution in [0.4, 0.5) is 0 Å². The van der Waals surface area contributed by atoms with Gasteiger partial charge in [-0.3, -0.25) is 4.79 Å². The predicted molar refractivity (Wildman–Crippen MR) is 78.1 cm³/mol. The molecule has 20 heavy (non-hydrogen) atoms. The van der Waals surface area contributed by atoms with E-state index in [1.54, 1.807) is 0 Å². The highest BCUT2D eigenvalue weighted by molar-refractivity contribution is 6.20. The summed E-state index contributed by atoms with van der Waals surface area (Å²) >= 11 is 0. The maximum absolute atomic E-state index is 12.1. The van der Waals surface area contributed by atoms with Crippen LogP contribution in [0.2, 0.25) is 0 Å². The van der Waals surface area contributed by atoms with Crippen LogP contribution in [0.15, 0.2) is 66.4 Å². The lowest BCUT2D eigenvalue weighted by Crippen LogP contribution is -2.32. The van der Waals surface area contributed by atoms with Crippen molar-refractivity contribution in [3.05, 3.63) is 72.0 Å². The fourth-order valence-electron chi connectivity index (χ4n) is 2.26. The van der Waals surface area contributed by atoms with Crippen LogP contribution in [0.1, 0.15) is 12.0 Å². The second-order valence-corrected chi connectivity index (χ2v) is 4.59. The summed E-state index contributed by atoms with van der Waals surface area (Å²) in [6.07, 6.45) is 0.699. The highest BCUT2D eigenvalue weighted by Crippen LogP contribution is 2.26. The molecule has 1 aliphatic rings. The molecule has 0 saturated heterocycles. The second-order valence-electron chi connectivity index (χ2n) is 4.59. The zero-order chi connectivity index (χ0) is 13.8. The monoisotopic (exact) mass is 265 g/mol. The smallest absolute Gasteiger partial charge is 0.255 e. The van der Waals surface area contributed by atoms with Crippen LogP contribution in [-0.4, -0.2) is 12.5 Å². The topological polar surface area (TPSA) is 38.3 Å². The van der Waals surface area contributed by atoms with E-state index in [0.717, 1.165) is 17.1 Å². The molecule has 1 N–H and O–H groups in total. The molecule has 0 unspecified atom stereocenters. The van der Waals surface area contributed by atoms with Gasteiger partial charge in [-0.15, -0.1) is 0 Å². The van der Waals surface area contributed by atoms with Gasteiger partial charge >= 0.3 is 0 Å². The third-order valence-corrected chi connectivity index (χ3v) is 3.19. The fraction of sp³-hybridized carbons (Fsp3) is 0.118. The second kappa shape index (κ2) is 5.61. The van der Waals surface area contributed by atoms with E-state index < -0.39 is 0 Å². The normalized spacial score (nSPS) is 14.9. The summed E-state index contributed by atoms with van der Waals surface area (Å²) in [6, 6.07) is 19.2. The van der Waals surface area contributed by atoms with Gasteiger partial charge in [0.2, 0.25) is 0 Å². The molecular formula is C17H15NO2. The Labute approximate surface area is 117 Å². The van der Waals surface area contributed by atoms with Crippen molar-refractivity contribution in [2.45, 2.75) is 6.42 Å². The lowest BCUT2D eigenvalue weighted by Gasteiger charge is -2.21. The largest absolute Gasteiger partial charge is 0.461 e. The summed E-state index contributed by atoms with van der Waals surface area (Å²) in [5, 5.41) is 2.87. The molecule has 2 aromatic rings. The van der Waals surface area contributed by atoms with Crippen LogP contribution in [0.5, 0.6) is 5.75 Å². The molecule has 0 aliphatic carbocycles. The van der Waals surface area contributed by atoms with E-state index in [0.29, 0.717) is 18.5 Å². The van der Waals surface area contributed by atoms with Crippen molar-refractivity contribution >= 4 is 11.5 Å². The summed E-state index contributed by atoms with van der Waals surface area (Å²) in [4.78, 5) is 12.1. The molecule has 0 radical (unpaired) electrons. The molecule has 0 spiro atoms. The van der Waals surface area contributed by atoms with Crippen LogP contribution >= 0.6 is 0 Å². The maximum Gasteiger partial charge on any atom is 0.255 e. The summed E-state index contributed by atoms with van der Waals surface area (Å²) < 4.78 is 5.91. The molecule has 0 fully saturated rings. The zero-order valence-corrected chi connectivity index (χ0v) is 11.0. The number of benzene rings is 2. The zero-order valence-electron chi connectivity index (χ0n) is 11.0. The first-order valence-electron chi connectivity index (χ1n) is 6.64. The number of para-hydroxylation sites is 1. The first-order chi connectivity index (χ1) is 9.84. The number of hydrogen-bond donors (Lipinski definition) is 1. The third-order valence-electron chi connectivity index (χ3n) is 3.19. The average molecular weight is 265 g/mol. The van der Waals surface area contributed by atoms with Crippen LogP contribution < -0.4 is 10.1 Å². The molecular weight excluding hydrogens is 250 g/mol. The quantitative estimate of drug-likeness (QED) is 0.926. The molecule has 1 amide bonds. The molecule has 0 bridgehead atoms. The van der Waals surface area contributed by atoms with E-state index in [9.17, 15) is 4.79 Å². The number of rotatable bonds is 3. The standard InChI is InChI=1S/C17H15NO2/c19-17-16(13-7-3-1-4-8-13)15(11-12-18-17)20-14-9-5-2-6-10-14/h1-10H,11-12H2,(H,18,19). The van der Waals surface area contributed by atoms with Crippen molar-refractivity contribution < 1.29 is 9.53 Å². The van der Waals surface area contributed by atoms with Crippen molar-refractivity contribution in [3.63, 3.8) is 0 Å². The molecule has 100 valence electrons. The van der Waals surface area contributed by atoms with Gasteiger partial charge in [-0.05, 0) is 17.7 Å². The number of carbonyl (C=O) groups is 1. The Morgan fingerprint density at radius 3 is 2.25 bits per heavy atom. The van der Waals surface area contributed by atoms with Crippen LogP contribution in [-0.2, 0) is 4.79 Å². The molecule has 1 aliphatic heterocycles. The van der Waals surface area contributed by atoms with Gasteiger partial charge in [0.05, 0.1) is 5.57 Å². The number of carbonyl (C=O) groups excluding carboxylic acids is 1. The van der Waals surface area contributed by atoms with E-state index >= 15 is 0 Å². The van der Waals surface area contributed by atoms with Crippen LogP contribution in [0, 0.1) is 0 Å². The lowest BCUT2D eigenvalue weighted by molar-refractivity contribution is -0.116. The SMILES string of the molecule is O=C1NCCC(Oc2ccccc2)=C1c1ccccc1. The number of amides is 1. The Balaban J connectivity index is 2.01. The number of ether oxygens (including phenoxy) is 1. The molecule has 2 aromatic carbocycles. The highest BCUT2D eigenvalue weighted by atomic mass is 16.5. The van der Waals surface area contributed by atoms with E-state index in [1.807, 2.05) is 60.7 Å². The molecule has 3 nitrogen and oxygen atoms in total. The molecule has 1 heterocycles. The number of nitrogens with one attached hydrogen (secondary N) is 1. The van der Waals surface area contributed by atoms with E-state index in [1.165, 1.54) is 0 Å². The van der Waals surface area contributed by atoms with Gasteiger partial charge in [-0.1, -0.05) is 48.5 Å². The Morgan fingerprint density at radius 2 is 1.55 bits per heavy atom. The van der Waals surface area contributed by atoms with Gasteiger partial charge in [0, 0.05) is 13.0 Å². The summed E-state index contributed by atoms with van der Waals surface area (Å²) in [5.41, 5.74) is 1.51. The Bertz CT molecular complexity index is 633. The van der Waals surface area contributed by atoms with Crippen LogP contribution in [0.25, 0.3) is 5.57 Å². The minimum atomic E-state index is -0.0756. The van der Waals surface area contributed by atoms with Crippen molar-refractivity contribution in [2.75, 3.05) is 6.54 Å². The van der Waals surface area contributed by atoms with Gasteiger partial charge < -0.3 is 10.1 Å². The molecule has 0 atom stereocenters. The maximum atomic E-state index is 12.1. The molecule has 3 heteroatoms. The molecule has 0 aromatic heterocycles. The Morgan fingerprint density at radius 1 is 0.900 bits per heavy atom. The summed E-state index contributed by atoms with van der Waals surface area (Å²) in [5.74, 6) is 1.41. The van der Waals surface area contributed by atoms with Gasteiger partial charge in [-0.2, -0.15) is 0 Å². The first-order valence-corrected chi connectivity index (χ1v) is 6.64. The first kappa shape index (κ1) is 12.5.